The second-order valence-electron chi connectivity index (χ2n) is 18.2. The summed E-state index contributed by atoms with van der Waals surface area (Å²) in [7, 11) is 0. The Labute approximate surface area is 375 Å². The van der Waals surface area contributed by atoms with Crippen molar-refractivity contribution in [2.75, 3.05) is 92.0 Å². The number of nitrogens with one attached hydrogen (secondary N) is 2. The summed E-state index contributed by atoms with van der Waals surface area (Å²) in [6.45, 7) is 9.66. The lowest BCUT2D eigenvalue weighted by Gasteiger charge is -2.44. The average Bonchev–Trinajstić information content (AvgIpc) is 3.56. The number of carbonyl (C=O) groups is 5. The molecule has 1 atom stereocenters. The Morgan fingerprint density at radius 2 is 1.35 bits per heavy atom. The molecule has 2 N–H and O–H groups in total. The number of nitrogens with zero attached hydrogens (tertiary/aromatic N) is 8. The lowest BCUT2D eigenvalue weighted by atomic mass is 9.95. The molecule has 1 aromatic heterocycles. The second-order valence-corrected chi connectivity index (χ2v) is 18.2. The van der Waals surface area contributed by atoms with Crippen molar-refractivity contribution in [3.8, 4) is 6.07 Å². The number of aromatic nitrogens is 1. The van der Waals surface area contributed by atoms with Crippen LogP contribution in [0.3, 0.4) is 0 Å². The third-order valence-corrected chi connectivity index (χ3v) is 14.3. The zero-order chi connectivity index (χ0) is 45.4. The van der Waals surface area contributed by atoms with Gasteiger partial charge in [-0.25, -0.2) is 4.98 Å². The van der Waals surface area contributed by atoms with Gasteiger partial charge in [-0.05, 0) is 99.4 Å². The molecule has 5 saturated heterocycles. The molecule has 342 valence electrons. The van der Waals surface area contributed by atoms with E-state index in [2.05, 4.69) is 35.2 Å². The molecule has 9 rings (SSSR count). The molecule has 5 amide bonds. The number of piperidine rings is 4. The minimum absolute atomic E-state index is 0.0877. The summed E-state index contributed by atoms with van der Waals surface area (Å²) >= 11 is 0. The van der Waals surface area contributed by atoms with Crippen LogP contribution in [0.1, 0.15) is 83.2 Å². The summed E-state index contributed by atoms with van der Waals surface area (Å²) in [4.78, 5) is 81.0. The fraction of sp³-hybridized carbons (Fsp3) is 0.511. The van der Waals surface area contributed by atoms with Crippen LogP contribution in [-0.2, 0) is 20.6 Å². The fourth-order valence-corrected chi connectivity index (χ4v) is 10.5. The van der Waals surface area contributed by atoms with E-state index in [1.807, 2.05) is 23.1 Å². The quantitative estimate of drug-likeness (QED) is 0.284. The molecular weight excluding hydrogens is 842 g/mol. The number of alkyl halides is 3. The Kier molecular flexibility index (Phi) is 12.5. The minimum atomic E-state index is -4.62. The third kappa shape index (κ3) is 9.39. The van der Waals surface area contributed by atoms with Crippen molar-refractivity contribution in [2.24, 2.45) is 11.8 Å². The Balaban J connectivity index is 0.674. The van der Waals surface area contributed by atoms with Crippen molar-refractivity contribution < 1.29 is 37.1 Å². The first-order valence-electron chi connectivity index (χ1n) is 22.8. The van der Waals surface area contributed by atoms with Crippen molar-refractivity contribution in [1.29, 1.82) is 5.26 Å². The Hall–Kier alpha value is -6.06. The maximum atomic E-state index is 13.5. The monoisotopic (exact) mass is 894 g/mol. The number of hydrogen-bond acceptors (Lipinski definition) is 12. The number of carbonyl (C=O) groups excluding carboxylic acids is 5. The first-order chi connectivity index (χ1) is 31.3. The maximum absolute atomic E-state index is 13.5. The van der Waals surface area contributed by atoms with E-state index in [4.69, 9.17) is 5.26 Å². The molecule has 6 aliphatic rings. The molecule has 6 aliphatic heterocycles. The van der Waals surface area contributed by atoms with Crippen LogP contribution in [-0.4, -0.2) is 133 Å². The topological polar surface area (TPSA) is 166 Å². The van der Waals surface area contributed by atoms with Crippen molar-refractivity contribution in [1.82, 2.24) is 25.0 Å². The predicted molar refractivity (Wildman–Crippen MR) is 235 cm³/mol. The molecule has 0 spiro atoms. The van der Waals surface area contributed by atoms with Crippen molar-refractivity contribution in [2.45, 2.75) is 69.6 Å². The van der Waals surface area contributed by atoms with E-state index in [1.165, 1.54) is 12.1 Å². The summed E-state index contributed by atoms with van der Waals surface area (Å²) in [6, 6.07) is 14.0. The highest BCUT2D eigenvalue weighted by atomic mass is 19.4. The van der Waals surface area contributed by atoms with Crippen molar-refractivity contribution >= 4 is 52.4 Å². The Bertz CT molecular complexity index is 2360. The summed E-state index contributed by atoms with van der Waals surface area (Å²) in [5, 5.41) is 14.3. The van der Waals surface area contributed by atoms with E-state index in [0.29, 0.717) is 60.5 Å². The van der Waals surface area contributed by atoms with Crippen LogP contribution < -0.4 is 25.3 Å². The summed E-state index contributed by atoms with van der Waals surface area (Å²) in [5.74, 6) is -1.33. The number of anilines is 4. The lowest BCUT2D eigenvalue weighted by molar-refractivity contribution is -0.138. The minimum Gasteiger partial charge on any atom is -0.371 e. The van der Waals surface area contributed by atoms with Crippen LogP contribution in [0.5, 0.6) is 0 Å². The van der Waals surface area contributed by atoms with Crippen LogP contribution in [0.25, 0.3) is 0 Å². The fourth-order valence-electron chi connectivity index (χ4n) is 10.5. The standard InChI is InChI=1S/C47H53F3N10O5/c48-47(49,50)39-26-35(2-1-32(39)27-51)56-17-11-31(12-18-56)43(62)53-41-7-4-36(28-52-41)58-15-9-30(10-16-58)29-55-21-23-59(24-22-55)33-13-19-57(20-14-33)34-3-5-37-38(25-34)46(65)60(45(37)64)40-6-8-42(61)54-44(40)63/h1-5,7,25-26,28,30-31,33,40H,6,8-24,29H2,(H,52,53,62)(H,54,61,63). The SMILES string of the molecule is N#Cc1ccc(N2CCC(C(=O)Nc3ccc(N4CCC(CN5CCN(C6CCN(c7ccc8c(c7)C(=O)N(C7CCC(=O)NC7=O)C8=O)CC6)CC5)CC4)cn3)CC2)cc1C(F)(F)F. The molecule has 0 radical (unpaired) electrons. The number of fused-ring (bicyclic) bond motifs is 1. The number of nitriles is 1. The zero-order valence-electron chi connectivity index (χ0n) is 36.2. The third-order valence-electron chi connectivity index (χ3n) is 14.3. The van der Waals surface area contributed by atoms with Gasteiger partial charge in [0.1, 0.15) is 11.9 Å². The first-order valence-corrected chi connectivity index (χ1v) is 22.8. The second kappa shape index (κ2) is 18.4. The van der Waals surface area contributed by atoms with Gasteiger partial charge in [-0.1, -0.05) is 0 Å². The highest BCUT2D eigenvalue weighted by Crippen LogP contribution is 2.36. The molecule has 5 fully saturated rings. The van der Waals surface area contributed by atoms with Gasteiger partial charge in [-0.3, -0.25) is 39.1 Å². The van der Waals surface area contributed by atoms with Gasteiger partial charge in [0, 0.05) is 102 Å². The number of imide groups is 2. The van der Waals surface area contributed by atoms with E-state index in [0.717, 1.165) is 107 Å². The lowest BCUT2D eigenvalue weighted by Crippen LogP contribution is -2.54. The van der Waals surface area contributed by atoms with Gasteiger partial charge in [-0.15, -0.1) is 0 Å². The van der Waals surface area contributed by atoms with Crippen molar-refractivity contribution in [3.63, 3.8) is 0 Å². The van der Waals surface area contributed by atoms with Crippen LogP contribution in [0, 0.1) is 23.2 Å². The highest BCUT2D eigenvalue weighted by molar-refractivity contribution is 6.23. The molecule has 18 heteroatoms. The van der Waals surface area contributed by atoms with Crippen LogP contribution in [0.2, 0.25) is 0 Å². The van der Waals surface area contributed by atoms with E-state index in [1.54, 1.807) is 24.4 Å². The summed E-state index contributed by atoms with van der Waals surface area (Å²) in [6.07, 6.45) is 2.58. The highest BCUT2D eigenvalue weighted by Gasteiger charge is 2.45. The molecule has 7 heterocycles. The largest absolute Gasteiger partial charge is 0.417 e. The molecule has 2 aromatic carbocycles. The number of pyridine rings is 1. The number of piperazine rings is 1. The van der Waals surface area contributed by atoms with E-state index in [-0.39, 0.29) is 24.7 Å². The van der Waals surface area contributed by atoms with Gasteiger partial charge >= 0.3 is 6.18 Å². The summed E-state index contributed by atoms with van der Waals surface area (Å²) in [5.41, 5.74) is 1.56. The molecule has 0 bridgehead atoms. The van der Waals surface area contributed by atoms with Crippen LogP contribution >= 0.6 is 0 Å². The van der Waals surface area contributed by atoms with Gasteiger partial charge in [0.15, 0.2) is 0 Å². The van der Waals surface area contributed by atoms with Crippen molar-refractivity contribution in [3.05, 3.63) is 77.0 Å². The van der Waals surface area contributed by atoms with Gasteiger partial charge < -0.3 is 24.9 Å². The van der Waals surface area contributed by atoms with Gasteiger partial charge in [0.2, 0.25) is 17.7 Å². The van der Waals surface area contributed by atoms with Gasteiger partial charge in [0.05, 0.1) is 40.2 Å². The Morgan fingerprint density at radius 3 is 2.00 bits per heavy atom. The average molecular weight is 895 g/mol. The number of amides is 5. The molecule has 15 nitrogen and oxygen atoms in total. The maximum Gasteiger partial charge on any atom is 0.417 e. The summed E-state index contributed by atoms with van der Waals surface area (Å²) < 4.78 is 40.5. The molecular formula is C47H53F3N10O5. The molecule has 0 saturated carbocycles. The number of hydrogen-bond donors (Lipinski definition) is 2. The smallest absolute Gasteiger partial charge is 0.371 e. The zero-order valence-corrected chi connectivity index (χ0v) is 36.2. The van der Waals surface area contributed by atoms with Gasteiger partial charge in [-0.2, -0.15) is 18.4 Å². The van der Waals surface area contributed by atoms with E-state index in [9.17, 15) is 37.1 Å². The first kappa shape index (κ1) is 44.2. The number of halogens is 3. The Morgan fingerprint density at radius 1 is 0.738 bits per heavy atom. The molecule has 3 aromatic rings. The van der Waals surface area contributed by atoms with Crippen LogP contribution in [0.15, 0.2) is 54.7 Å². The molecule has 1 unspecified atom stereocenters. The van der Waals surface area contributed by atoms with Gasteiger partial charge in [0.25, 0.3) is 11.8 Å². The number of benzene rings is 2. The molecule has 65 heavy (non-hydrogen) atoms. The normalized spacial score (nSPS) is 22.3. The number of rotatable bonds is 9. The van der Waals surface area contributed by atoms with E-state index >= 15 is 0 Å². The van der Waals surface area contributed by atoms with E-state index < -0.39 is 47.0 Å². The molecule has 0 aliphatic carbocycles. The predicted octanol–water partition coefficient (Wildman–Crippen LogP) is 4.73. The van der Waals surface area contributed by atoms with Crippen LogP contribution in [0.4, 0.5) is 36.1 Å².